The molecule has 1 atom stereocenters. The average Bonchev–Trinajstić information content (AvgIpc) is 3.02. The van der Waals surface area contributed by atoms with E-state index in [-0.39, 0.29) is 6.04 Å². The van der Waals surface area contributed by atoms with E-state index in [1.165, 1.54) is 16.7 Å². The molecule has 1 aromatic carbocycles. The second-order valence-corrected chi connectivity index (χ2v) is 6.21. The summed E-state index contributed by atoms with van der Waals surface area (Å²) in [5, 5.41) is 3.98. The quantitative estimate of drug-likeness (QED) is 0.945. The van der Waals surface area contributed by atoms with Crippen LogP contribution in [-0.4, -0.2) is 16.4 Å². The molecule has 0 amide bonds. The van der Waals surface area contributed by atoms with Gasteiger partial charge in [0, 0.05) is 35.7 Å². The lowest BCUT2D eigenvalue weighted by atomic mass is 10.0. The molecule has 2 N–H and O–H groups in total. The van der Waals surface area contributed by atoms with E-state index in [1.807, 2.05) is 17.6 Å². The highest BCUT2D eigenvalue weighted by atomic mass is 35.5. The Morgan fingerprint density at radius 2 is 2.37 bits per heavy atom. The number of rotatable bonds is 3. The third kappa shape index (κ3) is 2.30. The maximum Gasteiger partial charge on any atom is 0.107 e. The number of halogens is 1. The molecule has 1 unspecified atom stereocenters. The number of nitrogens with zero attached hydrogens (tertiary/aromatic N) is 2. The minimum atomic E-state index is 0.273. The lowest BCUT2D eigenvalue weighted by Gasteiger charge is -2.22. The monoisotopic (exact) mass is 293 g/mol. The molecule has 100 valence electrons. The van der Waals surface area contributed by atoms with Gasteiger partial charge in [0.2, 0.25) is 0 Å². The average molecular weight is 294 g/mol. The zero-order valence-corrected chi connectivity index (χ0v) is 12.3. The van der Waals surface area contributed by atoms with Gasteiger partial charge in [-0.2, -0.15) is 0 Å². The first-order valence-corrected chi connectivity index (χ1v) is 7.57. The molecule has 1 aliphatic rings. The van der Waals surface area contributed by atoms with Gasteiger partial charge in [0.15, 0.2) is 0 Å². The summed E-state index contributed by atoms with van der Waals surface area (Å²) in [6.45, 7) is 4.47. The number of fused-ring (bicyclic) bond motifs is 1. The Morgan fingerprint density at radius 1 is 1.53 bits per heavy atom. The number of thiazole rings is 1. The lowest BCUT2D eigenvalue weighted by Crippen LogP contribution is -2.27. The maximum atomic E-state index is 6.21. The summed E-state index contributed by atoms with van der Waals surface area (Å²) in [4.78, 5) is 6.74. The van der Waals surface area contributed by atoms with Crippen LogP contribution in [0.2, 0.25) is 5.02 Å². The van der Waals surface area contributed by atoms with Crippen molar-refractivity contribution in [1.29, 1.82) is 0 Å². The van der Waals surface area contributed by atoms with E-state index >= 15 is 0 Å². The van der Waals surface area contributed by atoms with Crippen LogP contribution >= 0.6 is 22.9 Å². The largest absolute Gasteiger partial charge is 0.329 e. The smallest absolute Gasteiger partial charge is 0.107 e. The first-order valence-electron chi connectivity index (χ1n) is 6.31. The van der Waals surface area contributed by atoms with Gasteiger partial charge < -0.3 is 5.73 Å². The van der Waals surface area contributed by atoms with Gasteiger partial charge in [-0.3, -0.25) is 4.90 Å². The normalized spacial score (nSPS) is 18.8. The second-order valence-electron chi connectivity index (χ2n) is 4.82. The highest BCUT2D eigenvalue weighted by Gasteiger charge is 2.31. The van der Waals surface area contributed by atoms with Crippen LogP contribution in [0.3, 0.4) is 0 Å². The third-order valence-corrected chi connectivity index (χ3v) is 4.95. The molecule has 0 spiro atoms. The molecule has 0 fully saturated rings. The predicted molar refractivity (Wildman–Crippen MR) is 79.3 cm³/mol. The number of hydrogen-bond donors (Lipinski definition) is 1. The molecule has 2 heterocycles. The Morgan fingerprint density at radius 3 is 3.05 bits per heavy atom. The zero-order chi connectivity index (χ0) is 13.4. The number of benzene rings is 1. The minimum Gasteiger partial charge on any atom is -0.329 e. The summed E-state index contributed by atoms with van der Waals surface area (Å²) >= 11 is 7.90. The summed E-state index contributed by atoms with van der Waals surface area (Å²) in [7, 11) is 0. The fourth-order valence-electron chi connectivity index (χ4n) is 2.73. The molecule has 3 nitrogen and oxygen atoms in total. The van der Waals surface area contributed by atoms with E-state index < -0.39 is 0 Å². The third-order valence-electron chi connectivity index (χ3n) is 3.77. The van der Waals surface area contributed by atoms with Gasteiger partial charge in [0.25, 0.3) is 0 Å². The Kier molecular flexibility index (Phi) is 3.58. The summed E-state index contributed by atoms with van der Waals surface area (Å²) in [6, 6.07) is 4.37. The molecule has 3 rings (SSSR count). The van der Waals surface area contributed by atoms with Crippen LogP contribution in [0.1, 0.15) is 27.7 Å². The van der Waals surface area contributed by atoms with Crippen molar-refractivity contribution in [2.75, 3.05) is 6.54 Å². The van der Waals surface area contributed by atoms with Crippen LogP contribution in [0, 0.1) is 6.92 Å². The molecule has 0 saturated heterocycles. The Labute approximate surface area is 122 Å². The van der Waals surface area contributed by atoms with Crippen molar-refractivity contribution in [2.45, 2.75) is 26.1 Å². The summed E-state index contributed by atoms with van der Waals surface area (Å²) < 4.78 is 0. The van der Waals surface area contributed by atoms with Crippen molar-refractivity contribution in [2.24, 2.45) is 5.73 Å². The lowest BCUT2D eigenvalue weighted by molar-refractivity contribution is 0.210. The molecule has 0 radical (unpaired) electrons. The summed E-state index contributed by atoms with van der Waals surface area (Å²) in [6.07, 6.45) is 1.85. The highest BCUT2D eigenvalue weighted by Crippen LogP contribution is 2.38. The highest BCUT2D eigenvalue weighted by molar-refractivity contribution is 7.09. The maximum absolute atomic E-state index is 6.21. The molecule has 19 heavy (non-hydrogen) atoms. The van der Waals surface area contributed by atoms with E-state index in [4.69, 9.17) is 17.3 Å². The van der Waals surface area contributed by atoms with Gasteiger partial charge in [-0.1, -0.05) is 17.7 Å². The molecule has 5 heteroatoms. The van der Waals surface area contributed by atoms with Crippen molar-refractivity contribution in [3.63, 3.8) is 0 Å². The molecule has 0 aliphatic carbocycles. The van der Waals surface area contributed by atoms with Crippen molar-refractivity contribution >= 4 is 22.9 Å². The van der Waals surface area contributed by atoms with Crippen molar-refractivity contribution < 1.29 is 0 Å². The SMILES string of the molecule is Cc1c(Cl)ccc2c1CN(Cc1nccs1)C2CN. The first kappa shape index (κ1) is 13.1. The van der Waals surface area contributed by atoms with Crippen molar-refractivity contribution in [3.05, 3.63) is 50.4 Å². The molecular weight excluding hydrogens is 278 g/mol. The zero-order valence-electron chi connectivity index (χ0n) is 10.8. The first-order chi connectivity index (χ1) is 9.20. The fourth-order valence-corrected chi connectivity index (χ4v) is 3.55. The van der Waals surface area contributed by atoms with E-state index in [9.17, 15) is 0 Å². The fraction of sp³-hybridized carbons (Fsp3) is 0.357. The second kappa shape index (κ2) is 5.21. The topological polar surface area (TPSA) is 42.2 Å². The van der Waals surface area contributed by atoms with Crippen LogP contribution < -0.4 is 5.73 Å². The van der Waals surface area contributed by atoms with Gasteiger partial charge in [-0.05, 0) is 29.7 Å². The van der Waals surface area contributed by atoms with Crippen molar-refractivity contribution in [3.8, 4) is 0 Å². The Bertz CT molecular complexity index is 583. The molecule has 0 saturated carbocycles. The van der Waals surface area contributed by atoms with E-state index in [1.54, 1.807) is 11.3 Å². The van der Waals surface area contributed by atoms with Crippen LogP contribution in [-0.2, 0) is 13.1 Å². The Balaban J connectivity index is 1.92. The standard InChI is InChI=1S/C14H16ClN3S/c1-9-11-7-18(8-14-17-4-5-19-14)13(6-16)10(11)2-3-12(9)15/h2-5,13H,6-8,16H2,1H3. The number of nitrogens with two attached hydrogens (primary N) is 1. The van der Waals surface area contributed by atoms with Gasteiger partial charge in [-0.25, -0.2) is 4.98 Å². The van der Waals surface area contributed by atoms with Gasteiger partial charge in [-0.15, -0.1) is 11.3 Å². The minimum absolute atomic E-state index is 0.273. The van der Waals surface area contributed by atoms with Gasteiger partial charge in [0.1, 0.15) is 5.01 Å². The summed E-state index contributed by atoms with van der Waals surface area (Å²) in [5.74, 6) is 0. The molecule has 1 aliphatic heterocycles. The summed E-state index contributed by atoms with van der Waals surface area (Å²) in [5.41, 5.74) is 9.80. The molecule has 2 aromatic rings. The number of hydrogen-bond acceptors (Lipinski definition) is 4. The number of aromatic nitrogens is 1. The van der Waals surface area contributed by atoms with Crippen LogP contribution in [0.4, 0.5) is 0 Å². The van der Waals surface area contributed by atoms with Crippen LogP contribution in [0.25, 0.3) is 0 Å². The van der Waals surface area contributed by atoms with Crippen LogP contribution in [0.15, 0.2) is 23.7 Å². The van der Waals surface area contributed by atoms with Gasteiger partial charge >= 0.3 is 0 Å². The van der Waals surface area contributed by atoms with Crippen molar-refractivity contribution in [1.82, 2.24) is 9.88 Å². The van der Waals surface area contributed by atoms with E-state index in [0.29, 0.717) is 6.54 Å². The van der Waals surface area contributed by atoms with Gasteiger partial charge in [0.05, 0.1) is 6.54 Å². The van der Waals surface area contributed by atoms with E-state index in [0.717, 1.165) is 23.1 Å². The van der Waals surface area contributed by atoms with Crippen LogP contribution in [0.5, 0.6) is 0 Å². The Hall–Kier alpha value is -0.940. The molecule has 0 bridgehead atoms. The van der Waals surface area contributed by atoms with E-state index in [2.05, 4.69) is 22.9 Å². The molecule has 1 aromatic heterocycles. The molecular formula is C14H16ClN3S. The predicted octanol–water partition coefficient (Wildman–Crippen LogP) is 3.12.